The first kappa shape index (κ1) is 36.5. The number of hydrogen-bond donors (Lipinski definition) is 2. The van der Waals surface area contributed by atoms with E-state index < -0.39 is 23.8 Å². The minimum atomic E-state index is -0.969. The van der Waals surface area contributed by atoms with Crippen LogP contribution in [-0.4, -0.2) is 52.5 Å². The van der Waals surface area contributed by atoms with Gasteiger partial charge in [0.15, 0.2) is 0 Å². The predicted molar refractivity (Wildman–Crippen MR) is 180 cm³/mol. The molecule has 3 amide bonds. The number of nitrogens with zero attached hydrogens (tertiary/aromatic N) is 1. The van der Waals surface area contributed by atoms with E-state index in [1.165, 1.54) is 0 Å². The molecular formula is C34H50ClN3O4S. The highest BCUT2D eigenvalue weighted by Crippen LogP contribution is 2.34. The zero-order chi connectivity index (χ0) is 32.5. The van der Waals surface area contributed by atoms with Gasteiger partial charge in [-0.3, -0.25) is 9.59 Å². The Kier molecular flexibility index (Phi) is 13.9. The van der Waals surface area contributed by atoms with Gasteiger partial charge in [0.2, 0.25) is 5.91 Å². The molecule has 2 rings (SSSR count). The standard InChI is InChI=1S/C34H50ClN3O4S/c1-21(2)17-18-25(6)38(32(40)27(19-20-43-10)36-33(41)42-34(7,8)9)30(28-22(3)13-11-14-23(28)4)31(39)37-29-24(5)15-12-16-26(29)35/h11-16,21,25,27,30H,17-20H2,1-10H3,(H,36,41)(H,37,39). The van der Waals surface area contributed by atoms with Crippen LogP contribution in [0.3, 0.4) is 0 Å². The van der Waals surface area contributed by atoms with E-state index >= 15 is 0 Å². The van der Waals surface area contributed by atoms with Gasteiger partial charge in [-0.15, -0.1) is 0 Å². The molecule has 2 aromatic carbocycles. The fourth-order valence-electron chi connectivity index (χ4n) is 5.07. The van der Waals surface area contributed by atoms with E-state index in [4.69, 9.17) is 16.3 Å². The number of para-hydroxylation sites is 1. The summed E-state index contributed by atoms with van der Waals surface area (Å²) in [6.07, 6.45) is 3.23. The molecule has 238 valence electrons. The number of carbonyl (C=O) groups is 3. The minimum absolute atomic E-state index is 0.311. The van der Waals surface area contributed by atoms with Crippen LogP contribution in [0.1, 0.15) is 89.1 Å². The van der Waals surface area contributed by atoms with E-state index in [0.29, 0.717) is 35.2 Å². The third-order valence-corrected chi connectivity index (χ3v) is 8.26. The van der Waals surface area contributed by atoms with Crippen LogP contribution in [0.15, 0.2) is 36.4 Å². The average molecular weight is 632 g/mol. The Bertz CT molecular complexity index is 1220. The van der Waals surface area contributed by atoms with Crippen molar-refractivity contribution < 1.29 is 19.1 Å². The molecule has 0 aliphatic rings. The number of halogens is 1. The van der Waals surface area contributed by atoms with Crippen molar-refractivity contribution in [3.8, 4) is 0 Å². The van der Waals surface area contributed by atoms with Crippen molar-refractivity contribution in [1.82, 2.24) is 10.2 Å². The molecule has 0 aliphatic heterocycles. The number of hydrogen-bond acceptors (Lipinski definition) is 5. The molecule has 0 spiro atoms. The zero-order valence-electron chi connectivity index (χ0n) is 27.5. The Labute approximate surface area is 267 Å². The molecule has 43 heavy (non-hydrogen) atoms. The molecule has 7 nitrogen and oxygen atoms in total. The molecule has 0 radical (unpaired) electrons. The number of thioether (sulfide) groups is 1. The number of aryl methyl sites for hydroxylation is 3. The highest BCUT2D eigenvalue weighted by Gasteiger charge is 2.40. The topological polar surface area (TPSA) is 87.7 Å². The summed E-state index contributed by atoms with van der Waals surface area (Å²) in [5.74, 6) is 0.360. The lowest BCUT2D eigenvalue weighted by Crippen LogP contribution is -2.55. The first-order valence-electron chi connectivity index (χ1n) is 15.0. The van der Waals surface area contributed by atoms with Crippen molar-refractivity contribution in [3.63, 3.8) is 0 Å². The van der Waals surface area contributed by atoms with Gasteiger partial charge in [-0.2, -0.15) is 11.8 Å². The van der Waals surface area contributed by atoms with Crippen LogP contribution in [0.25, 0.3) is 0 Å². The van der Waals surface area contributed by atoms with Gasteiger partial charge in [0.25, 0.3) is 5.91 Å². The first-order chi connectivity index (χ1) is 20.1. The minimum Gasteiger partial charge on any atom is -0.444 e. The number of carbonyl (C=O) groups excluding carboxylic acids is 3. The molecule has 0 heterocycles. The maximum atomic E-state index is 14.7. The van der Waals surface area contributed by atoms with E-state index in [1.807, 2.05) is 64.3 Å². The second-order valence-corrected chi connectivity index (χ2v) is 14.1. The van der Waals surface area contributed by atoms with Crippen LogP contribution < -0.4 is 10.6 Å². The number of rotatable bonds is 13. The van der Waals surface area contributed by atoms with Gasteiger partial charge >= 0.3 is 6.09 Å². The third-order valence-electron chi connectivity index (χ3n) is 7.30. The summed E-state index contributed by atoms with van der Waals surface area (Å²) in [6, 6.07) is 9.13. The van der Waals surface area contributed by atoms with Gasteiger partial charge < -0.3 is 20.3 Å². The quantitative estimate of drug-likeness (QED) is 0.232. The maximum Gasteiger partial charge on any atom is 0.408 e. The van der Waals surface area contributed by atoms with Gasteiger partial charge in [-0.05, 0) is 114 Å². The molecule has 3 atom stereocenters. The number of ether oxygens (including phenoxy) is 1. The van der Waals surface area contributed by atoms with Crippen LogP contribution in [0.5, 0.6) is 0 Å². The Morgan fingerprint density at radius 1 is 0.930 bits per heavy atom. The molecule has 0 aromatic heterocycles. The highest BCUT2D eigenvalue weighted by molar-refractivity contribution is 7.98. The molecule has 2 N–H and O–H groups in total. The second-order valence-electron chi connectivity index (χ2n) is 12.7. The molecule has 0 aliphatic carbocycles. The fourth-order valence-corrected chi connectivity index (χ4v) is 5.81. The van der Waals surface area contributed by atoms with Crippen molar-refractivity contribution in [3.05, 3.63) is 63.7 Å². The van der Waals surface area contributed by atoms with Gasteiger partial charge in [-0.25, -0.2) is 4.79 Å². The summed E-state index contributed by atoms with van der Waals surface area (Å²) in [7, 11) is 0. The Hall–Kier alpha value is -2.71. The van der Waals surface area contributed by atoms with E-state index in [9.17, 15) is 14.4 Å². The molecular weight excluding hydrogens is 582 g/mol. The van der Waals surface area contributed by atoms with Crippen molar-refractivity contribution in [2.24, 2.45) is 5.92 Å². The van der Waals surface area contributed by atoms with Crippen LogP contribution in [0.4, 0.5) is 10.5 Å². The summed E-state index contributed by atoms with van der Waals surface area (Å²) < 4.78 is 5.53. The first-order valence-corrected chi connectivity index (χ1v) is 16.8. The van der Waals surface area contributed by atoms with Crippen molar-refractivity contribution in [2.45, 2.75) is 105 Å². The Morgan fingerprint density at radius 3 is 2.05 bits per heavy atom. The lowest BCUT2D eigenvalue weighted by molar-refractivity contribution is -0.143. The van der Waals surface area contributed by atoms with Gasteiger partial charge in [0, 0.05) is 6.04 Å². The van der Waals surface area contributed by atoms with Crippen LogP contribution in [0, 0.1) is 26.7 Å². The van der Waals surface area contributed by atoms with Crippen LogP contribution in [-0.2, 0) is 14.3 Å². The summed E-state index contributed by atoms with van der Waals surface area (Å²) in [6.45, 7) is 17.4. The van der Waals surface area contributed by atoms with E-state index in [2.05, 4.69) is 24.5 Å². The molecule has 0 bridgehead atoms. The molecule has 2 aromatic rings. The number of nitrogens with one attached hydrogen (secondary N) is 2. The van der Waals surface area contributed by atoms with Crippen molar-refractivity contribution >= 4 is 47.0 Å². The molecule has 3 unspecified atom stereocenters. The van der Waals surface area contributed by atoms with Crippen molar-refractivity contribution in [2.75, 3.05) is 17.3 Å². The lowest BCUT2D eigenvalue weighted by atomic mass is 9.91. The van der Waals surface area contributed by atoms with Gasteiger partial charge in [0.05, 0.1) is 10.7 Å². The lowest BCUT2D eigenvalue weighted by Gasteiger charge is -2.40. The SMILES string of the molecule is CSCCC(NC(=O)OC(C)(C)C)C(=O)N(C(C)CCC(C)C)C(C(=O)Nc1c(C)cccc1Cl)c1c(C)cccc1C. The van der Waals surface area contributed by atoms with Crippen molar-refractivity contribution in [1.29, 1.82) is 0 Å². The number of benzene rings is 2. The fraction of sp³-hybridized carbons (Fsp3) is 0.559. The van der Waals surface area contributed by atoms with E-state index in [-0.39, 0.29) is 17.9 Å². The summed E-state index contributed by atoms with van der Waals surface area (Å²) in [4.78, 5) is 43.8. The van der Waals surface area contributed by atoms with Gasteiger partial charge in [0.1, 0.15) is 17.7 Å². The normalized spacial score (nSPS) is 13.7. The average Bonchev–Trinajstić information content (AvgIpc) is 2.89. The number of alkyl carbamates (subject to hydrolysis) is 1. The van der Waals surface area contributed by atoms with E-state index in [0.717, 1.165) is 28.7 Å². The monoisotopic (exact) mass is 631 g/mol. The zero-order valence-corrected chi connectivity index (χ0v) is 29.0. The summed E-state index contributed by atoms with van der Waals surface area (Å²) in [5, 5.41) is 6.31. The van der Waals surface area contributed by atoms with Crippen LogP contribution in [0.2, 0.25) is 5.02 Å². The Balaban J connectivity index is 2.73. The molecule has 0 fully saturated rings. The van der Waals surface area contributed by atoms with Gasteiger partial charge in [-0.1, -0.05) is 55.8 Å². The number of anilines is 1. The molecule has 0 saturated carbocycles. The second kappa shape index (κ2) is 16.4. The maximum absolute atomic E-state index is 14.7. The summed E-state index contributed by atoms with van der Waals surface area (Å²) >= 11 is 8.12. The highest BCUT2D eigenvalue weighted by atomic mass is 35.5. The Morgan fingerprint density at radius 2 is 1.51 bits per heavy atom. The van der Waals surface area contributed by atoms with Crippen LogP contribution >= 0.6 is 23.4 Å². The largest absolute Gasteiger partial charge is 0.444 e. The predicted octanol–water partition coefficient (Wildman–Crippen LogP) is 8.24. The smallest absolute Gasteiger partial charge is 0.408 e. The number of amides is 3. The van der Waals surface area contributed by atoms with E-state index in [1.54, 1.807) is 43.5 Å². The third kappa shape index (κ3) is 10.8. The molecule has 9 heteroatoms. The summed E-state index contributed by atoms with van der Waals surface area (Å²) in [5.41, 5.74) is 3.15. The molecule has 0 saturated heterocycles.